The van der Waals surface area contributed by atoms with E-state index in [0.29, 0.717) is 16.6 Å². The Morgan fingerprint density at radius 3 is 2.55 bits per heavy atom. The maximum Gasteiger partial charge on any atom is 0.0640 e. The lowest BCUT2D eigenvalue weighted by Crippen LogP contribution is -2.29. The third kappa shape index (κ3) is 3.44. The van der Waals surface area contributed by atoms with E-state index < -0.39 is 0 Å². The van der Waals surface area contributed by atoms with Crippen molar-refractivity contribution in [1.29, 1.82) is 0 Å². The van der Waals surface area contributed by atoms with E-state index in [9.17, 15) is 0 Å². The SMILES string of the molecule is NCC1c2ccc(Cl)c(Cl)c2CN1CCCCN1CCCC1. The Labute approximate surface area is 143 Å². The van der Waals surface area contributed by atoms with E-state index in [1.807, 2.05) is 6.07 Å². The van der Waals surface area contributed by atoms with Crippen molar-refractivity contribution in [2.24, 2.45) is 5.73 Å². The molecule has 1 aromatic carbocycles. The maximum absolute atomic E-state index is 6.37. The lowest BCUT2D eigenvalue weighted by atomic mass is 10.0. The van der Waals surface area contributed by atoms with E-state index in [4.69, 9.17) is 28.9 Å². The Morgan fingerprint density at radius 1 is 1.09 bits per heavy atom. The monoisotopic (exact) mass is 341 g/mol. The summed E-state index contributed by atoms with van der Waals surface area (Å²) in [5.74, 6) is 0. The van der Waals surface area contributed by atoms with Gasteiger partial charge in [0.25, 0.3) is 0 Å². The number of nitrogens with zero attached hydrogens (tertiary/aromatic N) is 2. The van der Waals surface area contributed by atoms with Gasteiger partial charge in [0.2, 0.25) is 0 Å². The van der Waals surface area contributed by atoms with Gasteiger partial charge >= 0.3 is 0 Å². The molecule has 0 spiro atoms. The summed E-state index contributed by atoms with van der Waals surface area (Å²) in [4.78, 5) is 5.03. The molecule has 3 rings (SSSR count). The quantitative estimate of drug-likeness (QED) is 0.801. The number of likely N-dealkylation sites (tertiary alicyclic amines) is 1. The fourth-order valence-corrected chi connectivity index (χ4v) is 4.17. The molecule has 1 saturated heterocycles. The Bertz CT molecular complexity index is 515. The molecule has 0 saturated carbocycles. The van der Waals surface area contributed by atoms with E-state index in [-0.39, 0.29) is 6.04 Å². The second kappa shape index (κ2) is 7.50. The molecule has 2 N–H and O–H groups in total. The molecular formula is C17H25Cl2N3. The summed E-state index contributed by atoms with van der Waals surface area (Å²) in [7, 11) is 0. The molecule has 0 bridgehead atoms. The number of benzene rings is 1. The Hall–Kier alpha value is -0.320. The van der Waals surface area contributed by atoms with Crippen molar-refractivity contribution in [1.82, 2.24) is 9.80 Å². The van der Waals surface area contributed by atoms with E-state index in [1.54, 1.807) is 0 Å². The van der Waals surface area contributed by atoms with Crippen LogP contribution in [0.15, 0.2) is 12.1 Å². The zero-order chi connectivity index (χ0) is 15.5. The number of rotatable bonds is 6. The minimum atomic E-state index is 0.288. The molecule has 1 aromatic rings. The van der Waals surface area contributed by atoms with Crippen molar-refractivity contribution in [2.75, 3.05) is 32.7 Å². The molecule has 1 unspecified atom stereocenters. The minimum absolute atomic E-state index is 0.288. The van der Waals surface area contributed by atoms with Crippen LogP contribution in [-0.2, 0) is 6.54 Å². The van der Waals surface area contributed by atoms with Crippen LogP contribution in [0.3, 0.4) is 0 Å². The predicted molar refractivity (Wildman–Crippen MR) is 93.6 cm³/mol. The van der Waals surface area contributed by atoms with Gasteiger partial charge in [-0.15, -0.1) is 0 Å². The number of hydrogen-bond donors (Lipinski definition) is 1. The lowest BCUT2D eigenvalue weighted by Gasteiger charge is -2.24. The maximum atomic E-state index is 6.37. The molecule has 2 heterocycles. The van der Waals surface area contributed by atoms with Crippen molar-refractivity contribution in [3.05, 3.63) is 33.3 Å². The van der Waals surface area contributed by atoms with Gasteiger partial charge in [-0.05, 0) is 69.1 Å². The van der Waals surface area contributed by atoms with E-state index in [2.05, 4.69) is 15.9 Å². The van der Waals surface area contributed by atoms with Crippen molar-refractivity contribution in [3.63, 3.8) is 0 Å². The van der Waals surface area contributed by atoms with Gasteiger partial charge in [-0.3, -0.25) is 4.90 Å². The van der Waals surface area contributed by atoms with Gasteiger partial charge in [0.05, 0.1) is 10.0 Å². The molecule has 0 aliphatic carbocycles. The zero-order valence-corrected chi connectivity index (χ0v) is 14.5. The minimum Gasteiger partial charge on any atom is -0.329 e. The highest BCUT2D eigenvalue weighted by Gasteiger charge is 2.30. The Balaban J connectivity index is 1.55. The van der Waals surface area contributed by atoms with Crippen LogP contribution in [0.5, 0.6) is 0 Å². The fourth-order valence-electron chi connectivity index (χ4n) is 3.76. The third-order valence-corrected chi connectivity index (χ3v) is 5.83. The van der Waals surface area contributed by atoms with Gasteiger partial charge in [0.15, 0.2) is 0 Å². The summed E-state index contributed by atoms with van der Waals surface area (Å²) in [6.07, 6.45) is 5.22. The molecule has 2 aliphatic heterocycles. The van der Waals surface area contributed by atoms with Crippen LogP contribution in [0, 0.1) is 0 Å². The number of hydrogen-bond acceptors (Lipinski definition) is 3. The van der Waals surface area contributed by atoms with Crippen molar-refractivity contribution < 1.29 is 0 Å². The molecule has 1 fully saturated rings. The molecule has 122 valence electrons. The largest absolute Gasteiger partial charge is 0.329 e. The molecule has 0 aromatic heterocycles. The molecule has 5 heteroatoms. The second-order valence-corrected chi connectivity index (χ2v) is 7.19. The third-order valence-electron chi connectivity index (χ3n) is 4.98. The first-order valence-electron chi connectivity index (χ1n) is 8.34. The predicted octanol–water partition coefficient (Wildman–Crippen LogP) is 3.68. The first-order chi connectivity index (χ1) is 10.7. The molecule has 3 nitrogen and oxygen atoms in total. The van der Waals surface area contributed by atoms with Crippen molar-refractivity contribution in [3.8, 4) is 0 Å². The van der Waals surface area contributed by atoms with Gasteiger partial charge in [0, 0.05) is 19.1 Å². The standard InChI is InChI=1S/C17H25Cl2N3/c18-15-6-5-13-14(17(15)19)12-22(16(13)11-20)10-4-3-9-21-7-1-2-8-21/h5-6,16H,1-4,7-12,20H2. The number of unbranched alkanes of at least 4 members (excludes halogenated alkanes) is 1. The van der Waals surface area contributed by atoms with Crippen LogP contribution in [0.4, 0.5) is 0 Å². The highest BCUT2D eigenvalue weighted by atomic mass is 35.5. The van der Waals surface area contributed by atoms with Gasteiger partial charge in [-0.2, -0.15) is 0 Å². The molecule has 22 heavy (non-hydrogen) atoms. The highest BCUT2D eigenvalue weighted by molar-refractivity contribution is 6.42. The first kappa shape index (κ1) is 16.5. The van der Waals surface area contributed by atoms with Crippen LogP contribution in [-0.4, -0.2) is 42.5 Å². The van der Waals surface area contributed by atoms with Crippen LogP contribution >= 0.6 is 23.2 Å². The molecule has 0 radical (unpaired) electrons. The van der Waals surface area contributed by atoms with E-state index in [0.717, 1.165) is 13.1 Å². The summed E-state index contributed by atoms with van der Waals surface area (Å²) in [5, 5.41) is 1.35. The summed E-state index contributed by atoms with van der Waals surface area (Å²) in [5.41, 5.74) is 8.44. The summed E-state index contributed by atoms with van der Waals surface area (Å²) < 4.78 is 0. The number of halogens is 2. The highest BCUT2D eigenvalue weighted by Crippen LogP contribution is 2.40. The summed E-state index contributed by atoms with van der Waals surface area (Å²) >= 11 is 12.5. The Kier molecular flexibility index (Phi) is 5.64. The van der Waals surface area contributed by atoms with Gasteiger partial charge in [0.1, 0.15) is 0 Å². The summed E-state index contributed by atoms with van der Waals surface area (Å²) in [6.45, 7) is 6.40. The van der Waals surface area contributed by atoms with Gasteiger partial charge in [-0.1, -0.05) is 29.3 Å². The average molecular weight is 342 g/mol. The van der Waals surface area contributed by atoms with E-state index >= 15 is 0 Å². The summed E-state index contributed by atoms with van der Waals surface area (Å²) in [6, 6.07) is 4.27. The normalized spacial score (nSPS) is 22.4. The van der Waals surface area contributed by atoms with Crippen molar-refractivity contribution in [2.45, 2.75) is 38.3 Å². The average Bonchev–Trinajstić information content (AvgIpc) is 3.15. The van der Waals surface area contributed by atoms with E-state index in [1.165, 1.54) is 56.4 Å². The molecule has 0 amide bonds. The van der Waals surface area contributed by atoms with Crippen molar-refractivity contribution >= 4 is 23.2 Å². The van der Waals surface area contributed by atoms with Crippen LogP contribution in [0.1, 0.15) is 42.9 Å². The Morgan fingerprint density at radius 2 is 1.82 bits per heavy atom. The van der Waals surface area contributed by atoms with Gasteiger partial charge < -0.3 is 10.6 Å². The molecule has 2 aliphatic rings. The lowest BCUT2D eigenvalue weighted by molar-refractivity contribution is 0.210. The fraction of sp³-hybridized carbons (Fsp3) is 0.647. The second-order valence-electron chi connectivity index (χ2n) is 6.41. The first-order valence-corrected chi connectivity index (χ1v) is 9.09. The smallest absolute Gasteiger partial charge is 0.0640 e. The molecule has 1 atom stereocenters. The van der Waals surface area contributed by atoms with Gasteiger partial charge in [-0.25, -0.2) is 0 Å². The molecular weight excluding hydrogens is 317 g/mol. The zero-order valence-electron chi connectivity index (χ0n) is 13.0. The van der Waals surface area contributed by atoms with Crippen LogP contribution < -0.4 is 5.73 Å². The number of nitrogens with two attached hydrogens (primary N) is 1. The van der Waals surface area contributed by atoms with Crippen LogP contribution in [0.2, 0.25) is 10.0 Å². The number of fused-ring (bicyclic) bond motifs is 1. The van der Waals surface area contributed by atoms with Crippen LogP contribution in [0.25, 0.3) is 0 Å². The topological polar surface area (TPSA) is 32.5 Å².